The summed E-state index contributed by atoms with van der Waals surface area (Å²) in [5.74, 6) is -1.43. The second kappa shape index (κ2) is 11.4. The van der Waals surface area contributed by atoms with Gasteiger partial charge in [0.05, 0.1) is 24.2 Å². The number of hydrogen-bond donors (Lipinski definition) is 3. The number of benzene rings is 2. The van der Waals surface area contributed by atoms with Crippen LogP contribution in [0, 0.1) is 0 Å². The molecule has 0 radical (unpaired) electrons. The molecule has 4 rings (SSSR count). The summed E-state index contributed by atoms with van der Waals surface area (Å²) in [7, 11) is 0. The number of nitrogens with one attached hydrogen (secondary N) is 1. The third kappa shape index (κ3) is 5.99. The number of thioether (sulfide) groups is 1. The van der Waals surface area contributed by atoms with Crippen LogP contribution >= 0.6 is 23.4 Å². The van der Waals surface area contributed by atoms with Gasteiger partial charge in [-0.1, -0.05) is 54.1 Å². The van der Waals surface area contributed by atoms with Gasteiger partial charge >= 0.3 is 0 Å². The summed E-state index contributed by atoms with van der Waals surface area (Å²) in [5, 5.41) is 25.1. The predicted octanol–water partition coefficient (Wildman–Crippen LogP) is 2.60. The highest BCUT2D eigenvalue weighted by Crippen LogP contribution is 2.32. The molecular formula is C25H28ClN3O4S. The van der Waals surface area contributed by atoms with Gasteiger partial charge in [0.15, 0.2) is 12.2 Å². The summed E-state index contributed by atoms with van der Waals surface area (Å²) < 4.78 is 0. The smallest absolute Gasteiger partial charge is 0.255 e. The van der Waals surface area contributed by atoms with Crippen LogP contribution in [-0.2, 0) is 16.0 Å². The fourth-order valence-electron chi connectivity index (χ4n) is 4.37. The molecule has 9 heteroatoms. The second-order valence-electron chi connectivity index (χ2n) is 8.52. The molecule has 0 aliphatic carbocycles. The maximum absolute atomic E-state index is 12.9. The summed E-state index contributed by atoms with van der Waals surface area (Å²) in [5.41, 5.74) is 2.10. The normalized spacial score (nSPS) is 21.7. The number of aliphatic imine (C=N–C) groups is 1. The van der Waals surface area contributed by atoms with Crippen molar-refractivity contribution in [1.82, 2.24) is 10.2 Å². The Morgan fingerprint density at radius 2 is 1.94 bits per heavy atom. The topological polar surface area (TPSA) is 102 Å². The molecule has 0 bridgehead atoms. The second-order valence-corrected chi connectivity index (χ2v) is 10.3. The van der Waals surface area contributed by atoms with E-state index in [1.54, 1.807) is 16.7 Å². The highest BCUT2D eigenvalue weighted by molar-refractivity contribution is 8.14. The van der Waals surface area contributed by atoms with E-state index in [2.05, 4.69) is 10.3 Å². The number of amides is 2. The van der Waals surface area contributed by atoms with Gasteiger partial charge in [0, 0.05) is 16.8 Å². The summed E-state index contributed by atoms with van der Waals surface area (Å²) in [6.45, 7) is 1.25. The van der Waals surface area contributed by atoms with E-state index in [1.165, 1.54) is 0 Å². The lowest BCUT2D eigenvalue weighted by Gasteiger charge is -2.28. The van der Waals surface area contributed by atoms with Crippen LogP contribution in [0.4, 0.5) is 0 Å². The molecule has 34 heavy (non-hydrogen) atoms. The Labute approximate surface area is 208 Å². The zero-order chi connectivity index (χ0) is 24.1. The van der Waals surface area contributed by atoms with Gasteiger partial charge in [-0.25, -0.2) is 0 Å². The molecule has 1 saturated heterocycles. The van der Waals surface area contributed by atoms with E-state index in [-0.39, 0.29) is 17.8 Å². The molecule has 4 atom stereocenters. The number of likely N-dealkylation sites (tertiary alicyclic amines) is 1. The largest absolute Gasteiger partial charge is 0.380 e. The van der Waals surface area contributed by atoms with Gasteiger partial charge in [0.2, 0.25) is 0 Å². The fraction of sp³-hybridized carbons (Fsp3) is 0.400. The molecule has 2 aliphatic rings. The van der Waals surface area contributed by atoms with Crippen LogP contribution in [0.15, 0.2) is 59.6 Å². The number of aliphatic hydroxyl groups is 2. The molecule has 2 aliphatic heterocycles. The molecule has 2 aromatic carbocycles. The lowest BCUT2D eigenvalue weighted by atomic mass is 10.0. The first-order valence-corrected chi connectivity index (χ1v) is 12.6. The van der Waals surface area contributed by atoms with E-state index in [0.717, 1.165) is 35.4 Å². The number of carbonyl (C=O) groups excluding carboxylic acids is 2. The molecule has 2 amide bonds. The maximum Gasteiger partial charge on any atom is 0.255 e. The van der Waals surface area contributed by atoms with Crippen molar-refractivity contribution in [3.05, 3.63) is 70.7 Å². The van der Waals surface area contributed by atoms with Crippen LogP contribution in [0.5, 0.6) is 0 Å². The van der Waals surface area contributed by atoms with E-state index in [4.69, 9.17) is 11.6 Å². The van der Waals surface area contributed by atoms with Crippen LogP contribution in [0.25, 0.3) is 0 Å². The molecule has 1 fully saturated rings. The molecule has 0 saturated carbocycles. The minimum Gasteiger partial charge on any atom is -0.380 e. The Bertz CT molecular complexity index is 1050. The standard InChI is InChI=1S/C25H28ClN3O4S/c26-18-9-4-6-16(12-18)13-19-14-27-21(34-19)15-28-24(32)22(30)23(31)25(33)29-11-5-10-20(29)17-7-2-1-3-8-17/h1-4,6-9,12,19-20,22-23,30-31H,5,10-11,13-15H2,(H,28,32)/t19?,20?,22-,23-/m1/s1. The monoisotopic (exact) mass is 501 g/mol. The fourth-order valence-corrected chi connectivity index (χ4v) is 5.70. The number of rotatable bonds is 8. The number of aliphatic hydroxyl groups excluding tert-OH is 2. The number of hydrogen-bond acceptors (Lipinski definition) is 6. The maximum atomic E-state index is 12.9. The highest BCUT2D eigenvalue weighted by atomic mass is 35.5. The van der Waals surface area contributed by atoms with Crippen molar-refractivity contribution in [2.75, 3.05) is 19.6 Å². The molecule has 7 nitrogen and oxygen atoms in total. The summed E-state index contributed by atoms with van der Waals surface area (Å²) >= 11 is 7.62. The third-order valence-corrected chi connectivity index (χ3v) is 7.51. The first-order valence-electron chi connectivity index (χ1n) is 11.4. The Balaban J connectivity index is 1.26. The molecule has 3 N–H and O–H groups in total. The van der Waals surface area contributed by atoms with Gasteiger partial charge in [-0.2, -0.15) is 0 Å². The summed E-state index contributed by atoms with van der Waals surface area (Å²) in [6.07, 6.45) is -1.29. The summed E-state index contributed by atoms with van der Waals surface area (Å²) in [4.78, 5) is 31.3. The molecular weight excluding hydrogens is 474 g/mol. The lowest BCUT2D eigenvalue weighted by molar-refractivity contribution is -0.153. The van der Waals surface area contributed by atoms with Gasteiger partial charge in [0.25, 0.3) is 11.8 Å². The summed E-state index contributed by atoms with van der Waals surface area (Å²) in [6, 6.07) is 17.1. The van der Waals surface area contributed by atoms with Crippen molar-refractivity contribution in [3.63, 3.8) is 0 Å². The lowest BCUT2D eigenvalue weighted by Crippen LogP contribution is -2.51. The van der Waals surface area contributed by atoms with Gasteiger partial charge in [-0.15, -0.1) is 11.8 Å². The van der Waals surface area contributed by atoms with Crippen molar-refractivity contribution in [1.29, 1.82) is 0 Å². The van der Waals surface area contributed by atoms with Gasteiger partial charge < -0.3 is 20.4 Å². The van der Waals surface area contributed by atoms with Gasteiger partial charge in [-0.05, 0) is 42.5 Å². The molecule has 2 heterocycles. The van der Waals surface area contributed by atoms with Gasteiger partial charge in [0.1, 0.15) is 0 Å². The van der Waals surface area contributed by atoms with Crippen LogP contribution in [0.3, 0.4) is 0 Å². The van der Waals surface area contributed by atoms with Crippen molar-refractivity contribution >= 4 is 40.2 Å². The highest BCUT2D eigenvalue weighted by Gasteiger charge is 2.38. The Hall–Kier alpha value is -2.39. The van der Waals surface area contributed by atoms with Crippen molar-refractivity contribution in [2.45, 2.75) is 42.8 Å². The Morgan fingerprint density at radius 1 is 1.15 bits per heavy atom. The van der Waals surface area contributed by atoms with E-state index in [9.17, 15) is 19.8 Å². The minimum atomic E-state index is -1.85. The van der Waals surface area contributed by atoms with E-state index in [1.807, 2.05) is 54.6 Å². The van der Waals surface area contributed by atoms with Crippen molar-refractivity contribution < 1.29 is 19.8 Å². The molecule has 0 spiro atoms. The third-order valence-electron chi connectivity index (χ3n) is 6.08. The van der Waals surface area contributed by atoms with Crippen LogP contribution in [0.1, 0.15) is 30.0 Å². The average Bonchev–Trinajstić information content (AvgIpc) is 3.51. The Morgan fingerprint density at radius 3 is 2.71 bits per heavy atom. The first-order chi connectivity index (χ1) is 16.4. The average molecular weight is 502 g/mol. The van der Waals surface area contributed by atoms with E-state index in [0.29, 0.717) is 18.1 Å². The zero-order valence-electron chi connectivity index (χ0n) is 18.6. The van der Waals surface area contributed by atoms with E-state index < -0.39 is 24.0 Å². The van der Waals surface area contributed by atoms with Crippen LogP contribution < -0.4 is 5.32 Å². The quantitative estimate of drug-likeness (QED) is 0.516. The van der Waals surface area contributed by atoms with Crippen molar-refractivity contribution in [3.8, 4) is 0 Å². The predicted molar refractivity (Wildman–Crippen MR) is 134 cm³/mol. The molecule has 2 unspecified atom stereocenters. The zero-order valence-corrected chi connectivity index (χ0v) is 20.2. The molecule has 2 aromatic rings. The number of carbonyl (C=O) groups is 2. The van der Waals surface area contributed by atoms with Gasteiger partial charge in [-0.3, -0.25) is 14.6 Å². The SMILES string of the molecule is O=C(NCC1=NCC(Cc2cccc(Cl)c2)S1)[C@H](O)[C@@H](O)C(=O)N1CCCC1c1ccccc1. The molecule has 0 aromatic heterocycles. The van der Waals surface area contributed by atoms with E-state index >= 15 is 0 Å². The minimum absolute atomic E-state index is 0.143. The Kier molecular flexibility index (Phi) is 8.26. The first kappa shape index (κ1) is 24.7. The van der Waals surface area contributed by atoms with Crippen LogP contribution in [0.2, 0.25) is 5.02 Å². The number of nitrogens with zero attached hydrogens (tertiary/aromatic N) is 2. The van der Waals surface area contributed by atoms with Crippen LogP contribution in [-0.4, -0.2) is 69.1 Å². The number of halogens is 1. The molecule has 180 valence electrons. The van der Waals surface area contributed by atoms with Crippen molar-refractivity contribution in [2.24, 2.45) is 4.99 Å².